The van der Waals surface area contributed by atoms with E-state index in [0.717, 1.165) is 25.9 Å². The summed E-state index contributed by atoms with van der Waals surface area (Å²) < 4.78 is 26.3. The zero-order chi connectivity index (χ0) is 14.4. The van der Waals surface area contributed by atoms with Gasteiger partial charge in [-0.05, 0) is 26.2 Å². The molecule has 0 bridgehead atoms. The van der Waals surface area contributed by atoms with Crippen molar-refractivity contribution in [2.75, 3.05) is 33.0 Å². The first-order chi connectivity index (χ1) is 9.60. The van der Waals surface area contributed by atoms with Gasteiger partial charge in [0.25, 0.3) is 0 Å². The van der Waals surface area contributed by atoms with Crippen LogP contribution >= 0.6 is 0 Å². The molecule has 0 aromatic rings. The summed E-state index contributed by atoms with van der Waals surface area (Å²) in [5, 5.41) is 0. The Balaban J connectivity index is 1.63. The van der Waals surface area contributed by atoms with Crippen LogP contribution in [-0.4, -0.2) is 45.5 Å². The Morgan fingerprint density at radius 1 is 1.35 bits per heavy atom. The predicted molar refractivity (Wildman–Crippen MR) is 70.0 cm³/mol. The van der Waals surface area contributed by atoms with Crippen LogP contribution in [0.25, 0.3) is 0 Å². The second-order valence-electron chi connectivity index (χ2n) is 5.33. The second-order valence-corrected chi connectivity index (χ2v) is 5.33. The molecule has 2 rings (SSSR count). The summed E-state index contributed by atoms with van der Waals surface area (Å²) in [6.45, 7) is 7.80. The Morgan fingerprint density at radius 2 is 2.10 bits per heavy atom. The van der Waals surface area contributed by atoms with Gasteiger partial charge in [0.05, 0.1) is 12.0 Å². The van der Waals surface area contributed by atoms with E-state index in [0.29, 0.717) is 19.0 Å². The number of carbonyl (C=O) groups is 1. The van der Waals surface area contributed by atoms with E-state index in [1.165, 1.54) is 0 Å². The lowest BCUT2D eigenvalue weighted by Crippen LogP contribution is -2.39. The van der Waals surface area contributed by atoms with Crippen LogP contribution in [0.3, 0.4) is 0 Å². The minimum Gasteiger partial charge on any atom is -0.495 e. The molecule has 2 saturated heterocycles. The maximum atomic E-state index is 10.9. The van der Waals surface area contributed by atoms with Crippen molar-refractivity contribution in [1.82, 2.24) is 0 Å². The zero-order valence-electron chi connectivity index (χ0n) is 11.9. The van der Waals surface area contributed by atoms with Crippen molar-refractivity contribution in [3.05, 3.63) is 12.3 Å². The van der Waals surface area contributed by atoms with Crippen molar-refractivity contribution < 1.29 is 28.5 Å². The van der Waals surface area contributed by atoms with E-state index in [2.05, 4.69) is 6.58 Å². The predicted octanol–water partition coefficient (Wildman–Crippen LogP) is 2.23. The lowest BCUT2D eigenvalue weighted by atomic mass is 9.90. The molecular weight excluding hydrogens is 264 g/mol. The summed E-state index contributed by atoms with van der Waals surface area (Å²) >= 11 is 0. The van der Waals surface area contributed by atoms with Gasteiger partial charge in [-0.2, -0.15) is 0 Å². The molecule has 20 heavy (non-hydrogen) atoms. The summed E-state index contributed by atoms with van der Waals surface area (Å²) in [4.78, 5) is 10.9. The molecule has 0 aromatic carbocycles. The standard InChI is InChI=1S/C14H22O6/c1-11(14(2)9-19-13(15)20-10-14)16-7-8-18-12-5-3-4-6-17-12/h12H,1,3-10H2,2H3. The molecule has 0 radical (unpaired) electrons. The molecular formula is C14H22O6. The van der Waals surface area contributed by atoms with Crippen LogP contribution in [-0.2, 0) is 23.7 Å². The first-order valence-electron chi connectivity index (χ1n) is 6.95. The lowest BCUT2D eigenvalue weighted by Gasteiger charge is -2.33. The number of rotatable bonds is 6. The van der Waals surface area contributed by atoms with E-state index < -0.39 is 11.6 Å². The van der Waals surface area contributed by atoms with Gasteiger partial charge in [0.1, 0.15) is 25.6 Å². The normalized spacial score (nSPS) is 25.4. The fraction of sp³-hybridized carbons (Fsp3) is 0.786. The van der Waals surface area contributed by atoms with E-state index in [4.69, 9.17) is 23.7 Å². The third-order valence-electron chi connectivity index (χ3n) is 3.49. The molecule has 0 N–H and O–H groups in total. The van der Waals surface area contributed by atoms with Crippen molar-refractivity contribution in [3.8, 4) is 0 Å². The average Bonchev–Trinajstić information content (AvgIpc) is 2.48. The zero-order valence-corrected chi connectivity index (χ0v) is 11.9. The summed E-state index contributed by atoms with van der Waals surface area (Å²) in [5.74, 6) is 0.540. The second kappa shape index (κ2) is 6.95. The van der Waals surface area contributed by atoms with Gasteiger partial charge >= 0.3 is 6.16 Å². The first-order valence-corrected chi connectivity index (χ1v) is 6.95. The highest BCUT2D eigenvalue weighted by Crippen LogP contribution is 2.30. The van der Waals surface area contributed by atoms with Gasteiger partial charge in [-0.1, -0.05) is 6.58 Å². The molecule has 1 unspecified atom stereocenters. The molecule has 0 spiro atoms. The number of carbonyl (C=O) groups excluding carboxylic acids is 1. The van der Waals surface area contributed by atoms with Crippen LogP contribution in [0.4, 0.5) is 4.79 Å². The molecule has 114 valence electrons. The van der Waals surface area contributed by atoms with Gasteiger partial charge in [0.15, 0.2) is 6.29 Å². The SMILES string of the molecule is C=C(OCCOC1CCCCO1)C1(C)COC(=O)OC1. The van der Waals surface area contributed by atoms with Gasteiger partial charge in [-0.3, -0.25) is 0 Å². The van der Waals surface area contributed by atoms with Crippen LogP contribution in [0, 0.1) is 5.41 Å². The van der Waals surface area contributed by atoms with E-state index >= 15 is 0 Å². The molecule has 1 atom stereocenters. The van der Waals surface area contributed by atoms with Gasteiger partial charge in [0, 0.05) is 6.61 Å². The smallest absolute Gasteiger partial charge is 0.495 e. The molecule has 2 aliphatic heterocycles. The number of ether oxygens (including phenoxy) is 5. The van der Waals surface area contributed by atoms with Crippen LogP contribution in [0.15, 0.2) is 12.3 Å². The summed E-state index contributed by atoms with van der Waals surface area (Å²) in [6.07, 6.45) is 2.41. The number of cyclic esters (lactones) is 2. The minimum atomic E-state index is -0.645. The molecule has 2 heterocycles. The van der Waals surface area contributed by atoms with Crippen molar-refractivity contribution in [1.29, 1.82) is 0 Å². The average molecular weight is 286 g/mol. The Labute approximate surface area is 119 Å². The highest BCUT2D eigenvalue weighted by molar-refractivity contribution is 5.60. The third-order valence-corrected chi connectivity index (χ3v) is 3.49. The summed E-state index contributed by atoms with van der Waals surface area (Å²) in [7, 11) is 0. The maximum absolute atomic E-state index is 10.9. The van der Waals surface area contributed by atoms with E-state index in [1.54, 1.807) is 0 Å². The Bertz CT molecular complexity index is 338. The van der Waals surface area contributed by atoms with Crippen molar-refractivity contribution in [2.45, 2.75) is 32.5 Å². The van der Waals surface area contributed by atoms with Crippen molar-refractivity contribution in [3.63, 3.8) is 0 Å². The van der Waals surface area contributed by atoms with Gasteiger partial charge in [-0.15, -0.1) is 0 Å². The quantitative estimate of drug-likeness (QED) is 0.424. The van der Waals surface area contributed by atoms with E-state index in [9.17, 15) is 4.79 Å². The maximum Gasteiger partial charge on any atom is 0.508 e. The van der Waals surface area contributed by atoms with Crippen LogP contribution in [0.2, 0.25) is 0 Å². The van der Waals surface area contributed by atoms with Crippen LogP contribution in [0.5, 0.6) is 0 Å². The van der Waals surface area contributed by atoms with Crippen LogP contribution < -0.4 is 0 Å². The number of hydrogen-bond donors (Lipinski definition) is 0. The molecule has 6 nitrogen and oxygen atoms in total. The number of hydrogen-bond acceptors (Lipinski definition) is 6. The molecule has 2 fully saturated rings. The Kier molecular flexibility index (Phi) is 5.25. The van der Waals surface area contributed by atoms with E-state index in [1.807, 2.05) is 6.92 Å². The Hall–Kier alpha value is -1.27. The fourth-order valence-electron chi connectivity index (χ4n) is 2.04. The summed E-state index contributed by atoms with van der Waals surface area (Å²) in [5.41, 5.74) is -0.505. The molecule has 0 saturated carbocycles. The highest BCUT2D eigenvalue weighted by Gasteiger charge is 2.37. The highest BCUT2D eigenvalue weighted by atomic mass is 16.7. The van der Waals surface area contributed by atoms with E-state index in [-0.39, 0.29) is 19.5 Å². The van der Waals surface area contributed by atoms with Crippen molar-refractivity contribution >= 4 is 6.16 Å². The van der Waals surface area contributed by atoms with Crippen molar-refractivity contribution in [2.24, 2.45) is 5.41 Å². The third kappa shape index (κ3) is 4.11. The summed E-state index contributed by atoms with van der Waals surface area (Å²) in [6, 6.07) is 0. The molecule has 2 aliphatic rings. The topological polar surface area (TPSA) is 63.2 Å². The molecule has 0 amide bonds. The van der Waals surface area contributed by atoms with Gasteiger partial charge in [-0.25, -0.2) is 4.79 Å². The Morgan fingerprint density at radius 3 is 2.75 bits per heavy atom. The van der Waals surface area contributed by atoms with Gasteiger partial charge in [0.2, 0.25) is 0 Å². The lowest BCUT2D eigenvalue weighted by molar-refractivity contribution is -0.168. The largest absolute Gasteiger partial charge is 0.508 e. The molecule has 0 aromatic heterocycles. The minimum absolute atomic E-state index is 0.116. The van der Waals surface area contributed by atoms with Crippen LogP contribution in [0.1, 0.15) is 26.2 Å². The fourth-order valence-corrected chi connectivity index (χ4v) is 2.04. The first kappa shape index (κ1) is 15.1. The monoisotopic (exact) mass is 286 g/mol. The van der Waals surface area contributed by atoms with Gasteiger partial charge < -0.3 is 23.7 Å². The molecule has 0 aliphatic carbocycles. The molecule has 6 heteroatoms.